The first kappa shape index (κ1) is 15.9. The quantitative estimate of drug-likeness (QED) is 0.842. The van der Waals surface area contributed by atoms with Gasteiger partial charge in [-0.15, -0.1) is 0 Å². The molecule has 1 atom stereocenters. The average molecular weight is 316 g/mol. The fraction of sp³-hybridized carbons (Fsp3) is 0.500. The van der Waals surface area contributed by atoms with Gasteiger partial charge in [0.15, 0.2) is 0 Å². The summed E-state index contributed by atoms with van der Waals surface area (Å²) in [5, 5.41) is 4.12. The Bertz CT molecular complexity index is 639. The van der Waals surface area contributed by atoms with E-state index in [1.165, 1.54) is 17.5 Å². The van der Waals surface area contributed by atoms with Gasteiger partial charge in [-0.2, -0.15) is 0 Å². The number of benzene rings is 1. The molecule has 0 radical (unpaired) electrons. The van der Waals surface area contributed by atoms with Crippen molar-refractivity contribution >= 4 is 0 Å². The zero-order valence-corrected chi connectivity index (χ0v) is 14.3. The molecule has 1 aliphatic rings. The van der Waals surface area contributed by atoms with Crippen LogP contribution in [0.25, 0.3) is 0 Å². The second-order valence-corrected chi connectivity index (χ2v) is 6.09. The lowest BCUT2D eigenvalue weighted by molar-refractivity contribution is 0.245. The van der Waals surface area contributed by atoms with E-state index in [9.17, 15) is 0 Å². The van der Waals surface area contributed by atoms with Gasteiger partial charge >= 0.3 is 0 Å². The first-order valence-electron chi connectivity index (χ1n) is 8.01. The molecule has 5 nitrogen and oxygen atoms in total. The van der Waals surface area contributed by atoms with E-state index in [-0.39, 0.29) is 0 Å². The second kappa shape index (κ2) is 6.62. The molecule has 5 heteroatoms. The lowest BCUT2D eigenvalue weighted by Crippen LogP contribution is -2.23. The van der Waals surface area contributed by atoms with Crippen LogP contribution in [-0.2, 0) is 6.54 Å². The lowest BCUT2D eigenvalue weighted by atomic mass is 10.0. The van der Waals surface area contributed by atoms with E-state index in [0.29, 0.717) is 6.04 Å². The average Bonchev–Trinajstić information content (AvgIpc) is 3.13. The van der Waals surface area contributed by atoms with Gasteiger partial charge in [-0.1, -0.05) is 5.16 Å². The number of aryl methyl sites for hydroxylation is 2. The normalized spacial score (nSPS) is 18.3. The van der Waals surface area contributed by atoms with Gasteiger partial charge in [-0.3, -0.25) is 4.90 Å². The van der Waals surface area contributed by atoms with Crippen LogP contribution >= 0.6 is 0 Å². The van der Waals surface area contributed by atoms with Crippen molar-refractivity contribution in [2.24, 2.45) is 0 Å². The summed E-state index contributed by atoms with van der Waals surface area (Å²) in [5.41, 5.74) is 3.44. The molecule has 1 aliphatic heterocycles. The molecule has 2 heterocycles. The molecule has 124 valence electrons. The third kappa shape index (κ3) is 3.20. The standard InChI is InChI=1S/C18H24N2O3/c1-12-18(13(2)23-19-12)17-6-5-7-20(17)11-14-8-15(21-3)10-16(9-14)22-4/h8-10,17H,5-7,11H2,1-4H3/t17-/m0/s1. The Kier molecular flexibility index (Phi) is 4.57. The van der Waals surface area contributed by atoms with Crippen LogP contribution in [0.3, 0.4) is 0 Å². The van der Waals surface area contributed by atoms with Gasteiger partial charge in [0.05, 0.1) is 19.9 Å². The van der Waals surface area contributed by atoms with Crippen molar-refractivity contribution in [1.82, 2.24) is 10.1 Å². The van der Waals surface area contributed by atoms with E-state index >= 15 is 0 Å². The summed E-state index contributed by atoms with van der Waals surface area (Å²) in [5.74, 6) is 2.59. The van der Waals surface area contributed by atoms with Crippen LogP contribution in [0.2, 0.25) is 0 Å². The minimum absolute atomic E-state index is 0.374. The van der Waals surface area contributed by atoms with Crippen molar-refractivity contribution in [2.45, 2.75) is 39.3 Å². The van der Waals surface area contributed by atoms with Gasteiger partial charge in [-0.25, -0.2) is 0 Å². The highest BCUT2D eigenvalue weighted by atomic mass is 16.5. The van der Waals surface area contributed by atoms with Crippen molar-refractivity contribution in [1.29, 1.82) is 0 Å². The van der Waals surface area contributed by atoms with E-state index in [0.717, 1.165) is 42.5 Å². The lowest BCUT2D eigenvalue weighted by Gasteiger charge is -2.25. The minimum atomic E-state index is 0.374. The number of nitrogens with zero attached hydrogens (tertiary/aromatic N) is 2. The first-order valence-corrected chi connectivity index (χ1v) is 8.01. The summed E-state index contributed by atoms with van der Waals surface area (Å²) in [6.45, 7) is 5.97. The van der Waals surface area contributed by atoms with Gasteiger partial charge in [-0.05, 0) is 50.9 Å². The molecular weight excluding hydrogens is 292 g/mol. The predicted molar refractivity (Wildman–Crippen MR) is 87.9 cm³/mol. The zero-order chi connectivity index (χ0) is 16.4. The van der Waals surface area contributed by atoms with Gasteiger partial charge < -0.3 is 14.0 Å². The molecule has 1 aromatic carbocycles. The van der Waals surface area contributed by atoms with Crippen LogP contribution in [0.5, 0.6) is 11.5 Å². The highest BCUT2D eigenvalue weighted by Gasteiger charge is 2.30. The summed E-state index contributed by atoms with van der Waals surface area (Å²) >= 11 is 0. The zero-order valence-electron chi connectivity index (χ0n) is 14.3. The Hall–Kier alpha value is -2.01. The molecule has 1 saturated heterocycles. The number of hydrogen-bond acceptors (Lipinski definition) is 5. The molecule has 0 spiro atoms. The maximum absolute atomic E-state index is 5.38. The summed E-state index contributed by atoms with van der Waals surface area (Å²) in [4.78, 5) is 2.49. The van der Waals surface area contributed by atoms with Gasteiger partial charge in [0, 0.05) is 24.2 Å². The second-order valence-electron chi connectivity index (χ2n) is 6.09. The van der Waals surface area contributed by atoms with Crippen molar-refractivity contribution in [2.75, 3.05) is 20.8 Å². The summed E-state index contributed by atoms with van der Waals surface area (Å²) in [6, 6.07) is 6.42. The maximum atomic E-state index is 5.38. The van der Waals surface area contributed by atoms with Gasteiger partial charge in [0.2, 0.25) is 0 Å². The van der Waals surface area contributed by atoms with Crippen molar-refractivity contribution in [3.05, 3.63) is 40.8 Å². The molecule has 0 saturated carbocycles. The van der Waals surface area contributed by atoms with Crippen LogP contribution in [0.1, 0.15) is 41.5 Å². The summed E-state index contributed by atoms with van der Waals surface area (Å²) in [6.07, 6.45) is 2.33. The van der Waals surface area contributed by atoms with E-state index in [1.54, 1.807) is 14.2 Å². The Morgan fingerprint density at radius 3 is 2.43 bits per heavy atom. The Morgan fingerprint density at radius 2 is 1.87 bits per heavy atom. The van der Waals surface area contributed by atoms with Gasteiger partial charge in [0.1, 0.15) is 17.3 Å². The molecular formula is C18H24N2O3. The molecule has 3 rings (SSSR count). The largest absolute Gasteiger partial charge is 0.497 e. The third-order valence-electron chi connectivity index (χ3n) is 4.58. The fourth-order valence-electron chi connectivity index (χ4n) is 3.50. The van der Waals surface area contributed by atoms with Crippen molar-refractivity contribution in [3.63, 3.8) is 0 Å². The number of rotatable bonds is 5. The number of hydrogen-bond donors (Lipinski definition) is 0. The third-order valence-corrected chi connectivity index (χ3v) is 4.58. The van der Waals surface area contributed by atoms with E-state index < -0.39 is 0 Å². The van der Waals surface area contributed by atoms with E-state index in [1.807, 2.05) is 19.9 Å². The SMILES string of the molecule is COc1cc(CN2CCC[C@H]2c2c(C)noc2C)cc(OC)c1. The molecule has 0 aliphatic carbocycles. The number of methoxy groups -OCH3 is 2. The van der Waals surface area contributed by atoms with Crippen LogP contribution in [0, 0.1) is 13.8 Å². The smallest absolute Gasteiger partial charge is 0.138 e. The topological polar surface area (TPSA) is 47.7 Å². The monoisotopic (exact) mass is 316 g/mol. The summed E-state index contributed by atoms with van der Waals surface area (Å²) in [7, 11) is 3.36. The first-order chi connectivity index (χ1) is 11.1. The Morgan fingerprint density at radius 1 is 1.17 bits per heavy atom. The maximum Gasteiger partial charge on any atom is 0.138 e. The highest BCUT2D eigenvalue weighted by molar-refractivity contribution is 5.38. The Balaban J connectivity index is 1.84. The molecule has 0 bridgehead atoms. The van der Waals surface area contributed by atoms with E-state index in [4.69, 9.17) is 14.0 Å². The van der Waals surface area contributed by atoms with Crippen molar-refractivity contribution < 1.29 is 14.0 Å². The predicted octanol–water partition coefficient (Wildman–Crippen LogP) is 3.65. The van der Waals surface area contributed by atoms with Crippen LogP contribution in [-0.4, -0.2) is 30.8 Å². The van der Waals surface area contributed by atoms with Crippen LogP contribution < -0.4 is 9.47 Å². The molecule has 2 aromatic rings. The molecule has 0 N–H and O–H groups in total. The van der Waals surface area contributed by atoms with E-state index in [2.05, 4.69) is 22.2 Å². The highest BCUT2D eigenvalue weighted by Crippen LogP contribution is 2.37. The number of ether oxygens (including phenoxy) is 2. The number of likely N-dealkylation sites (tertiary alicyclic amines) is 1. The molecule has 23 heavy (non-hydrogen) atoms. The molecule has 1 aromatic heterocycles. The summed E-state index contributed by atoms with van der Waals surface area (Å²) < 4.78 is 16.1. The molecule has 0 amide bonds. The number of aromatic nitrogens is 1. The van der Waals surface area contributed by atoms with Crippen LogP contribution in [0.15, 0.2) is 22.7 Å². The van der Waals surface area contributed by atoms with Gasteiger partial charge in [0.25, 0.3) is 0 Å². The fourth-order valence-corrected chi connectivity index (χ4v) is 3.50. The van der Waals surface area contributed by atoms with Crippen LogP contribution in [0.4, 0.5) is 0 Å². The Labute approximate surface area is 137 Å². The van der Waals surface area contributed by atoms with Crippen molar-refractivity contribution in [3.8, 4) is 11.5 Å². The molecule has 0 unspecified atom stereocenters. The minimum Gasteiger partial charge on any atom is -0.497 e. The molecule has 1 fully saturated rings.